The smallest absolute Gasteiger partial charge is 0.335 e. The number of benzene rings is 2. The van der Waals surface area contributed by atoms with Gasteiger partial charge in [0.05, 0.1) is 102 Å². The summed E-state index contributed by atoms with van der Waals surface area (Å²) >= 11 is 0. The third kappa shape index (κ3) is 57.7. The third-order valence-electron chi connectivity index (χ3n) is 17.9. The number of amides is 5. The average Bonchev–Trinajstić information content (AvgIpc) is 0.911. The van der Waals surface area contributed by atoms with Gasteiger partial charge in [0.2, 0.25) is 29.5 Å². The largest absolute Gasteiger partial charge is 0.494 e. The van der Waals surface area contributed by atoms with Gasteiger partial charge in [-0.2, -0.15) is 0 Å². The van der Waals surface area contributed by atoms with E-state index in [2.05, 4.69) is 26.6 Å². The van der Waals surface area contributed by atoms with Gasteiger partial charge in [0.25, 0.3) is 0 Å². The summed E-state index contributed by atoms with van der Waals surface area (Å²) in [4.78, 5) is 169. The Balaban J connectivity index is 1.33. The normalized spacial score (nSPS) is 12.1. The van der Waals surface area contributed by atoms with Crippen molar-refractivity contribution < 1.29 is 140 Å². The summed E-state index contributed by atoms with van der Waals surface area (Å²) in [5.41, 5.74) is 0.367. The van der Waals surface area contributed by atoms with Crippen LogP contribution < -0.4 is 36.1 Å². The molecule has 0 heterocycles. The lowest BCUT2D eigenvalue weighted by Crippen LogP contribution is -2.41. The Morgan fingerprint density at radius 2 is 0.704 bits per heavy atom. The van der Waals surface area contributed by atoms with Crippen LogP contribution in [0.5, 0.6) is 11.5 Å². The van der Waals surface area contributed by atoms with Crippen LogP contribution in [-0.4, -0.2) is 259 Å². The van der Waals surface area contributed by atoms with Gasteiger partial charge in [0, 0.05) is 96.7 Å². The van der Waals surface area contributed by atoms with Gasteiger partial charge in [-0.3, -0.25) is 52.7 Å². The first-order valence-corrected chi connectivity index (χ1v) is 40.1. The molecule has 0 spiro atoms. The fourth-order valence-corrected chi connectivity index (χ4v) is 11.2. The topological polar surface area (TPSA) is 493 Å². The van der Waals surface area contributed by atoms with E-state index in [1.165, 1.54) is 24.3 Å². The molecule has 34 heteroatoms. The summed E-state index contributed by atoms with van der Waals surface area (Å²) in [5, 5.41) is 60.3. The van der Waals surface area contributed by atoms with E-state index in [0.29, 0.717) is 102 Å². The second kappa shape index (κ2) is 67.3. The van der Waals surface area contributed by atoms with Crippen LogP contribution in [0, 0.1) is 17.8 Å². The van der Waals surface area contributed by atoms with E-state index in [9.17, 15) is 82.4 Å². The van der Waals surface area contributed by atoms with Gasteiger partial charge in [-0.05, 0) is 126 Å². The quantitative estimate of drug-likeness (QED) is 0.0300. The van der Waals surface area contributed by atoms with E-state index < -0.39 is 53.6 Å². The number of carboxylic acids is 5. The van der Waals surface area contributed by atoms with Gasteiger partial charge >= 0.3 is 29.8 Å². The monoisotopic (exact) mass is 1630 g/mol. The number of aromatic carboxylic acids is 2. The van der Waals surface area contributed by atoms with Gasteiger partial charge in [0.1, 0.15) is 61.3 Å². The number of aliphatic carboxylic acids is 3. The Morgan fingerprint density at radius 1 is 0.304 bits per heavy atom. The van der Waals surface area contributed by atoms with E-state index in [1.54, 1.807) is 31.2 Å². The molecule has 0 saturated carbocycles. The Hall–Kier alpha value is -8.90. The molecule has 0 saturated heterocycles. The van der Waals surface area contributed by atoms with Crippen LogP contribution in [0.4, 0.5) is 0 Å². The van der Waals surface area contributed by atoms with E-state index in [4.69, 9.17) is 57.6 Å². The molecule has 2 aromatic carbocycles. The molecule has 34 nitrogen and oxygen atoms in total. The molecule has 0 radical (unpaired) electrons. The molecule has 0 aliphatic carbocycles. The van der Waals surface area contributed by atoms with Crippen molar-refractivity contribution >= 4 is 82.5 Å². The van der Waals surface area contributed by atoms with Crippen LogP contribution in [0.3, 0.4) is 0 Å². The third-order valence-corrected chi connectivity index (χ3v) is 17.9. The zero-order valence-corrected chi connectivity index (χ0v) is 66.8. The molecule has 0 aliphatic rings. The highest BCUT2D eigenvalue weighted by atomic mass is 16.5. The number of carbonyl (C=O) groups is 14. The number of carboxylic acid groups (broad SMARTS) is 5. The maximum Gasteiger partial charge on any atom is 0.335 e. The first-order chi connectivity index (χ1) is 55.4. The van der Waals surface area contributed by atoms with Crippen molar-refractivity contribution in [3.05, 3.63) is 59.7 Å². The summed E-state index contributed by atoms with van der Waals surface area (Å²) in [6.45, 7) is 5.33. The highest BCUT2D eigenvalue weighted by Gasteiger charge is 2.26. The lowest BCUT2D eigenvalue weighted by molar-refractivity contribution is -0.144. The molecule has 2 aromatic rings. The fourth-order valence-electron chi connectivity index (χ4n) is 11.2. The summed E-state index contributed by atoms with van der Waals surface area (Å²) in [5.74, 6) is -8.80. The maximum absolute atomic E-state index is 12.9. The van der Waals surface area contributed by atoms with E-state index in [1.807, 2.05) is 0 Å². The first kappa shape index (κ1) is 102. The van der Waals surface area contributed by atoms with Crippen LogP contribution in [0.15, 0.2) is 48.5 Å². The number of ether oxygens (including phenoxy) is 10. The Bertz CT molecular complexity index is 3140. The summed E-state index contributed by atoms with van der Waals surface area (Å²) in [6.07, 6.45) is 12.3. The number of nitrogens with one attached hydrogen (secondary N) is 5. The van der Waals surface area contributed by atoms with Crippen molar-refractivity contribution in [2.75, 3.05) is 145 Å². The minimum atomic E-state index is -1.21. The molecule has 648 valence electrons. The minimum Gasteiger partial charge on any atom is -0.494 e. The number of ketones is 4. The lowest BCUT2D eigenvalue weighted by atomic mass is 9.89. The molecular formula is C81H125N5O29. The second-order valence-electron chi connectivity index (χ2n) is 27.6. The standard InChI is InChI=1S/C81H125N5O29/c1-60(18-10-12-36-82-74(93)57-111-51-47-107-41-17-22-67(89)56-110-50-48-108-44-38-84-72(91)35-28-64(80(102)103)54-66(88)20-8-4-2-6-14-42-114-68-30-24-61(25-31-68)77(96)97)71(90)55-63(79(100)101)19-11-13-37-83-75(94)58-113-53-49-109-45-39-85-76(95)59-112-52-46-106-40-16-21-65(87)29-34-70(81(104)105)86-73(92)23-9-5-3-7-15-43-115-69-32-26-62(27-33-69)78(98)99/h24-27,30-33,60,63-64,70H,2-23,28-29,34-59H2,1H3,(H,82,93)(H,83,94)(H,84,91)(H,85,95)(H,86,92)(H,96,97)(H,98,99)(H,100,101)(H,102,103)(H,104,105)/t60-,63+,64+,70-/m0/s1. The molecule has 0 unspecified atom stereocenters. The predicted octanol–water partition coefficient (Wildman–Crippen LogP) is 6.94. The van der Waals surface area contributed by atoms with Gasteiger partial charge in [-0.25, -0.2) is 14.4 Å². The molecule has 0 aromatic heterocycles. The molecule has 0 bridgehead atoms. The summed E-state index contributed by atoms with van der Waals surface area (Å²) in [7, 11) is 0. The molecule has 10 N–H and O–H groups in total. The zero-order chi connectivity index (χ0) is 84.3. The summed E-state index contributed by atoms with van der Waals surface area (Å²) in [6, 6.07) is 11.2. The van der Waals surface area contributed by atoms with E-state index in [-0.39, 0.29) is 247 Å². The van der Waals surface area contributed by atoms with Gasteiger partial charge in [0.15, 0.2) is 5.78 Å². The van der Waals surface area contributed by atoms with Crippen molar-refractivity contribution in [3.8, 4) is 11.5 Å². The molecule has 4 atom stereocenters. The second-order valence-corrected chi connectivity index (χ2v) is 27.6. The summed E-state index contributed by atoms with van der Waals surface area (Å²) < 4.78 is 54.5. The number of unbranched alkanes of at least 4 members (excludes halogenated alkanes) is 10. The number of rotatable bonds is 79. The van der Waals surface area contributed by atoms with Crippen molar-refractivity contribution in [2.45, 2.75) is 193 Å². The highest BCUT2D eigenvalue weighted by Crippen LogP contribution is 2.21. The molecule has 5 amide bonds. The maximum atomic E-state index is 12.9. The molecule has 0 fully saturated rings. The average molecular weight is 1630 g/mol. The number of Topliss-reactive ketones (excluding diaryl/α,β-unsaturated/α-hetero) is 4. The van der Waals surface area contributed by atoms with Gasteiger partial charge in [-0.15, -0.1) is 0 Å². The van der Waals surface area contributed by atoms with Crippen LogP contribution in [0.1, 0.15) is 207 Å². The van der Waals surface area contributed by atoms with Crippen LogP contribution >= 0.6 is 0 Å². The molecular weight excluding hydrogens is 1510 g/mol. The minimum absolute atomic E-state index is 0.0156. The van der Waals surface area contributed by atoms with E-state index in [0.717, 1.165) is 51.4 Å². The molecule has 115 heavy (non-hydrogen) atoms. The number of hydrogen-bond acceptors (Lipinski definition) is 24. The molecule has 2 rings (SSSR count). The number of carbonyl (C=O) groups excluding carboxylic acids is 9. The Morgan fingerprint density at radius 3 is 1.18 bits per heavy atom. The van der Waals surface area contributed by atoms with Gasteiger partial charge in [-0.1, -0.05) is 58.3 Å². The van der Waals surface area contributed by atoms with Crippen LogP contribution in [0.25, 0.3) is 0 Å². The SMILES string of the molecule is C[C@@H](CCCCNC(=O)COCCOCCCC(=O)COCCOCCNC(=O)CC[C@H](CC(=O)CCCCCCCOc1ccc(C(=O)O)cc1)C(=O)O)C(=O)C[C@@H](CCCCNC(=O)COCCOCCNC(=O)COCCOCCCC(=O)CC[C@H](NC(=O)CCCCCCCOc1ccc(C(=O)O)cc1)C(=O)O)C(=O)O. The van der Waals surface area contributed by atoms with Crippen molar-refractivity contribution in [1.82, 2.24) is 26.6 Å². The lowest BCUT2D eigenvalue weighted by Gasteiger charge is -2.15. The predicted molar refractivity (Wildman–Crippen MR) is 417 cm³/mol. The Labute approximate surface area is 673 Å². The number of hydrogen-bond donors (Lipinski definition) is 10. The van der Waals surface area contributed by atoms with Crippen molar-refractivity contribution in [3.63, 3.8) is 0 Å². The van der Waals surface area contributed by atoms with E-state index >= 15 is 0 Å². The first-order valence-electron chi connectivity index (χ1n) is 40.1. The zero-order valence-electron chi connectivity index (χ0n) is 66.8. The Kier molecular flexibility index (Phi) is 59.8. The highest BCUT2D eigenvalue weighted by molar-refractivity contribution is 5.89. The van der Waals surface area contributed by atoms with Crippen molar-refractivity contribution in [1.29, 1.82) is 0 Å². The fraction of sp³-hybridized carbons (Fsp3) is 0.679. The van der Waals surface area contributed by atoms with Crippen molar-refractivity contribution in [2.24, 2.45) is 17.8 Å². The van der Waals surface area contributed by atoms with Crippen LogP contribution in [0.2, 0.25) is 0 Å². The molecule has 0 aliphatic heterocycles. The van der Waals surface area contributed by atoms with Crippen LogP contribution in [-0.2, 0) is 95.4 Å². The van der Waals surface area contributed by atoms with Gasteiger partial charge < -0.3 is 99.5 Å².